The number of nitrogens with zero attached hydrogens (tertiary/aromatic N) is 4. The molecular weight excluding hydrogens is 468 g/mol. The minimum atomic E-state index is -2.86. The second-order valence-electron chi connectivity index (χ2n) is 9.22. The van der Waals surface area contributed by atoms with Gasteiger partial charge in [0.1, 0.15) is 11.6 Å². The number of rotatable bonds is 8. The third-order valence-electron chi connectivity index (χ3n) is 6.84. The number of pyridine rings is 1. The minimum Gasteiger partial charge on any atom is -0.371 e. The number of nitro benzene ring substituents is 1. The zero-order valence-electron chi connectivity index (χ0n) is 19.9. The van der Waals surface area contributed by atoms with Crippen LogP contribution in [0.3, 0.4) is 0 Å². The van der Waals surface area contributed by atoms with Crippen molar-refractivity contribution in [3.8, 4) is 0 Å². The summed E-state index contributed by atoms with van der Waals surface area (Å²) in [4.78, 5) is 32.0. The zero-order chi connectivity index (χ0) is 25.9. The van der Waals surface area contributed by atoms with Crippen molar-refractivity contribution in [3.63, 3.8) is 0 Å². The van der Waals surface area contributed by atoms with Gasteiger partial charge in [0.15, 0.2) is 0 Å². The van der Waals surface area contributed by atoms with Crippen LogP contribution in [0, 0.1) is 22.0 Å². The number of allylic oxidation sites excluding steroid dienone is 2. The number of alkyl halides is 2. The monoisotopic (exact) mass is 497 g/mol. The van der Waals surface area contributed by atoms with E-state index in [0.717, 1.165) is 12.8 Å². The van der Waals surface area contributed by atoms with E-state index in [2.05, 4.69) is 23.5 Å². The van der Waals surface area contributed by atoms with Gasteiger partial charge in [-0.25, -0.2) is 13.8 Å². The average molecular weight is 498 g/mol. The van der Waals surface area contributed by atoms with Gasteiger partial charge >= 0.3 is 0 Å². The fraction of sp³-hybridized carbons (Fsp3) is 0.385. The van der Waals surface area contributed by atoms with Crippen LogP contribution in [0.25, 0.3) is 0 Å². The number of hydrogen-bond acceptors (Lipinski definition) is 6. The molecule has 36 heavy (non-hydrogen) atoms. The molecule has 2 fully saturated rings. The van der Waals surface area contributed by atoms with Crippen molar-refractivity contribution >= 4 is 28.9 Å². The predicted molar refractivity (Wildman–Crippen MR) is 136 cm³/mol. The molecule has 1 atom stereocenters. The minimum absolute atomic E-state index is 0.100. The zero-order valence-corrected chi connectivity index (χ0v) is 19.9. The number of carbonyl (C=O) groups is 1. The van der Waals surface area contributed by atoms with Crippen LogP contribution in [0.15, 0.2) is 61.7 Å². The number of carbonyl (C=O) groups excluding carboxylic acids is 1. The standard InChI is InChI=1S/C26H29F2N5O3/c1-3-6-19-16-32(17-26(19,27)28)24-8-5-7-23(29-24)30-25(34)21-10-9-20(33(35)36)15-22(21)31-13-11-18(4-2)12-14-31/h3-5,7-10,15,18-19H,1-2,6,11-14,16-17H2,(H,29,30,34). The number of anilines is 3. The Balaban J connectivity index is 1.55. The third kappa shape index (κ3) is 5.37. The lowest BCUT2D eigenvalue weighted by Gasteiger charge is -2.33. The van der Waals surface area contributed by atoms with Crippen LogP contribution >= 0.6 is 0 Å². The molecule has 1 aromatic carbocycles. The van der Waals surface area contributed by atoms with Gasteiger partial charge in [-0.2, -0.15) is 0 Å². The topological polar surface area (TPSA) is 91.6 Å². The van der Waals surface area contributed by atoms with Gasteiger partial charge < -0.3 is 15.1 Å². The average Bonchev–Trinajstić information content (AvgIpc) is 3.18. The molecule has 8 nitrogen and oxygen atoms in total. The fourth-order valence-corrected chi connectivity index (χ4v) is 4.79. The van der Waals surface area contributed by atoms with Gasteiger partial charge in [0, 0.05) is 37.7 Å². The summed E-state index contributed by atoms with van der Waals surface area (Å²) >= 11 is 0. The molecule has 1 N–H and O–H groups in total. The molecule has 190 valence electrons. The second kappa shape index (κ2) is 10.4. The van der Waals surface area contributed by atoms with Gasteiger partial charge in [0.25, 0.3) is 17.5 Å². The van der Waals surface area contributed by atoms with Crippen molar-refractivity contribution in [2.45, 2.75) is 25.2 Å². The molecule has 2 aliphatic heterocycles. The van der Waals surface area contributed by atoms with Crippen molar-refractivity contribution in [1.82, 2.24) is 4.98 Å². The van der Waals surface area contributed by atoms with E-state index < -0.39 is 29.2 Å². The molecule has 0 spiro atoms. The Kier molecular flexibility index (Phi) is 7.32. The Bertz CT molecular complexity index is 1160. The van der Waals surface area contributed by atoms with Gasteiger partial charge in [-0.05, 0) is 43.4 Å². The van der Waals surface area contributed by atoms with E-state index in [-0.39, 0.29) is 30.0 Å². The Morgan fingerprint density at radius 2 is 1.97 bits per heavy atom. The number of nitrogens with one attached hydrogen (secondary N) is 1. The summed E-state index contributed by atoms with van der Waals surface area (Å²) in [7, 11) is 0. The smallest absolute Gasteiger partial charge is 0.271 e. The maximum atomic E-state index is 14.4. The number of piperidine rings is 1. The molecule has 0 aliphatic carbocycles. The van der Waals surface area contributed by atoms with Gasteiger partial charge in [-0.1, -0.05) is 18.2 Å². The van der Waals surface area contributed by atoms with E-state index in [4.69, 9.17) is 0 Å². The first-order valence-corrected chi connectivity index (χ1v) is 11.9. The lowest BCUT2D eigenvalue weighted by Crippen LogP contribution is -2.34. The van der Waals surface area contributed by atoms with Gasteiger partial charge in [0.2, 0.25) is 0 Å². The molecule has 2 aromatic rings. The SMILES string of the molecule is C=CCC1CN(c2cccc(NC(=O)c3ccc([N+](=O)[O-])cc3N3CCC(C=C)CC3)n2)CC1(F)F. The fourth-order valence-electron chi connectivity index (χ4n) is 4.79. The van der Waals surface area contributed by atoms with Crippen molar-refractivity contribution in [2.24, 2.45) is 11.8 Å². The van der Waals surface area contributed by atoms with Crippen molar-refractivity contribution in [3.05, 3.63) is 77.4 Å². The Hall–Kier alpha value is -3.82. The maximum absolute atomic E-state index is 14.4. The number of nitro groups is 1. The first kappa shape index (κ1) is 25.3. The summed E-state index contributed by atoms with van der Waals surface area (Å²) in [5.41, 5.74) is 0.659. The van der Waals surface area contributed by atoms with E-state index >= 15 is 0 Å². The van der Waals surface area contributed by atoms with Crippen LogP contribution in [-0.4, -0.2) is 47.9 Å². The summed E-state index contributed by atoms with van der Waals surface area (Å²) in [5.74, 6) is -3.26. The van der Waals surface area contributed by atoms with Crippen molar-refractivity contribution in [2.75, 3.05) is 41.3 Å². The van der Waals surface area contributed by atoms with Crippen molar-refractivity contribution in [1.29, 1.82) is 0 Å². The van der Waals surface area contributed by atoms with Gasteiger partial charge in [0.05, 0.1) is 22.7 Å². The Morgan fingerprint density at radius 3 is 2.64 bits per heavy atom. The first-order chi connectivity index (χ1) is 17.2. The highest BCUT2D eigenvalue weighted by molar-refractivity contribution is 6.08. The highest BCUT2D eigenvalue weighted by atomic mass is 19.3. The lowest BCUT2D eigenvalue weighted by atomic mass is 9.96. The van der Waals surface area contributed by atoms with E-state index in [9.17, 15) is 23.7 Å². The number of aromatic nitrogens is 1. The number of non-ortho nitro benzene ring substituents is 1. The number of benzene rings is 1. The number of halogens is 2. The molecule has 3 heterocycles. The van der Waals surface area contributed by atoms with E-state index in [1.165, 1.54) is 29.2 Å². The quantitative estimate of drug-likeness (QED) is 0.303. The summed E-state index contributed by atoms with van der Waals surface area (Å²) in [6.07, 6.45) is 5.28. The lowest BCUT2D eigenvalue weighted by molar-refractivity contribution is -0.384. The van der Waals surface area contributed by atoms with E-state index in [1.54, 1.807) is 18.2 Å². The van der Waals surface area contributed by atoms with Crippen LogP contribution in [0.2, 0.25) is 0 Å². The molecular formula is C26H29F2N5O3. The summed E-state index contributed by atoms with van der Waals surface area (Å²) in [5, 5.41) is 14.1. The van der Waals surface area contributed by atoms with E-state index in [1.807, 2.05) is 11.0 Å². The van der Waals surface area contributed by atoms with Crippen LogP contribution in [0.5, 0.6) is 0 Å². The van der Waals surface area contributed by atoms with Gasteiger partial charge in [-0.3, -0.25) is 14.9 Å². The number of hydrogen-bond donors (Lipinski definition) is 1. The van der Waals surface area contributed by atoms with E-state index in [0.29, 0.717) is 30.5 Å². The van der Waals surface area contributed by atoms with Crippen LogP contribution in [0.4, 0.5) is 31.8 Å². The molecule has 0 radical (unpaired) electrons. The predicted octanol–water partition coefficient (Wildman–Crippen LogP) is 5.29. The molecule has 2 saturated heterocycles. The molecule has 1 aromatic heterocycles. The highest BCUT2D eigenvalue weighted by Crippen LogP contribution is 2.37. The summed E-state index contributed by atoms with van der Waals surface area (Å²) in [6, 6.07) is 9.01. The molecule has 2 aliphatic rings. The number of amides is 1. The molecule has 0 bridgehead atoms. The van der Waals surface area contributed by atoms with Crippen LogP contribution in [0.1, 0.15) is 29.6 Å². The van der Waals surface area contributed by atoms with Crippen LogP contribution < -0.4 is 15.1 Å². The van der Waals surface area contributed by atoms with Crippen molar-refractivity contribution < 1.29 is 18.5 Å². The summed E-state index contributed by atoms with van der Waals surface area (Å²) in [6.45, 7) is 8.37. The normalized spacial score (nSPS) is 19.7. The maximum Gasteiger partial charge on any atom is 0.271 e. The molecule has 1 amide bonds. The Morgan fingerprint density at radius 1 is 1.22 bits per heavy atom. The molecule has 1 unspecified atom stereocenters. The highest BCUT2D eigenvalue weighted by Gasteiger charge is 2.47. The van der Waals surface area contributed by atoms with Crippen LogP contribution in [-0.2, 0) is 0 Å². The molecule has 10 heteroatoms. The first-order valence-electron chi connectivity index (χ1n) is 11.9. The third-order valence-corrected chi connectivity index (χ3v) is 6.84. The Labute approximate surface area is 208 Å². The second-order valence-corrected chi connectivity index (χ2v) is 9.22. The molecule has 4 rings (SSSR count). The largest absolute Gasteiger partial charge is 0.371 e. The summed E-state index contributed by atoms with van der Waals surface area (Å²) < 4.78 is 28.8. The van der Waals surface area contributed by atoms with Gasteiger partial charge in [-0.15, -0.1) is 13.2 Å². The molecule has 0 saturated carbocycles.